The summed E-state index contributed by atoms with van der Waals surface area (Å²) in [5.41, 5.74) is 2.69. The van der Waals surface area contributed by atoms with Crippen LogP contribution in [-0.4, -0.2) is 54.5 Å². The van der Waals surface area contributed by atoms with Crippen molar-refractivity contribution in [1.82, 2.24) is 14.6 Å². The number of carbonyl (C=O) groups excluding carboxylic acids is 1. The number of carbonyl (C=O) groups is 1. The molecule has 1 aliphatic heterocycles. The third-order valence-corrected chi connectivity index (χ3v) is 5.46. The van der Waals surface area contributed by atoms with E-state index in [4.69, 9.17) is 19.3 Å². The Bertz CT molecular complexity index is 1040. The second kappa shape index (κ2) is 8.61. The maximum Gasteiger partial charge on any atom is 0.309 e. The molecule has 8 nitrogen and oxygen atoms in total. The van der Waals surface area contributed by atoms with Gasteiger partial charge in [-0.1, -0.05) is 0 Å². The molecule has 3 heterocycles. The van der Waals surface area contributed by atoms with Crippen LogP contribution in [0.25, 0.3) is 16.8 Å². The molecular formula is C22H26N4O4. The molecule has 2 aromatic heterocycles. The van der Waals surface area contributed by atoms with Gasteiger partial charge in [-0.05, 0) is 44.0 Å². The van der Waals surface area contributed by atoms with E-state index in [1.54, 1.807) is 20.4 Å². The van der Waals surface area contributed by atoms with Gasteiger partial charge in [-0.2, -0.15) is 5.10 Å². The average molecular weight is 410 g/mol. The van der Waals surface area contributed by atoms with Crippen LogP contribution in [0, 0.1) is 5.92 Å². The van der Waals surface area contributed by atoms with E-state index in [-0.39, 0.29) is 11.9 Å². The zero-order valence-corrected chi connectivity index (χ0v) is 17.5. The molecule has 4 rings (SSSR count). The van der Waals surface area contributed by atoms with E-state index in [9.17, 15) is 4.79 Å². The predicted molar refractivity (Wildman–Crippen MR) is 113 cm³/mol. The van der Waals surface area contributed by atoms with Crippen molar-refractivity contribution in [3.63, 3.8) is 0 Å². The Kier molecular flexibility index (Phi) is 5.74. The van der Waals surface area contributed by atoms with Gasteiger partial charge >= 0.3 is 5.97 Å². The van der Waals surface area contributed by atoms with Gasteiger partial charge < -0.3 is 19.1 Å². The number of aromatic nitrogens is 3. The highest BCUT2D eigenvalue weighted by Crippen LogP contribution is 2.33. The van der Waals surface area contributed by atoms with E-state index in [0.717, 1.165) is 48.5 Å². The quantitative estimate of drug-likeness (QED) is 0.578. The normalized spacial score (nSPS) is 14.7. The molecule has 1 aliphatic rings. The summed E-state index contributed by atoms with van der Waals surface area (Å²) in [6, 6.07) is 7.78. The fraction of sp³-hybridized carbons (Fsp3) is 0.409. The summed E-state index contributed by atoms with van der Waals surface area (Å²) in [6.45, 7) is 3.78. The van der Waals surface area contributed by atoms with Crippen molar-refractivity contribution >= 4 is 17.3 Å². The van der Waals surface area contributed by atoms with Crippen molar-refractivity contribution in [3.8, 4) is 22.8 Å². The number of esters is 1. The van der Waals surface area contributed by atoms with Crippen molar-refractivity contribution in [3.05, 3.63) is 36.7 Å². The molecule has 1 saturated heterocycles. The Morgan fingerprint density at radius 3 is 2.60 bits per heavy atom. The van der Waals surface area contributed by atoms with Crippen LogP contribution < -0.4 is 14.4 Å². The lowest BCUT2D eigenvalue weighted by molar-refractivity contribution is -0.148. The van der Waals surface area contributed by atoms with E-state index in [0.29, 0.717) is 18.1 Å². The SMILES string of the molecule is CCOC(=O)C1CCN(c2nccn3nc(-c4ccc(OC)c(OC)c4)cc23)CC1. The summed E-state index contributed by atoms with van der Waals surface area (Å²) >= 11 is 0. The van der Waals surface area contributed by atoms with E-state index in [2.05, 4.69) is 9.88 Å². The van der Waals surface area contributed by atoms with Crippen molar-refractivity contribution in [2.45, 2.75) is 19.8 Å². The minimum absolute atomic E-state index is 0.0341. The molecule has 0 N–H and O–H groups in total. The van der Waals surface area contributed by atoms with Gasteiger partial charge in [-0.15, -0.1) is 0 Å². The molecule has 0 radical (unpaired) electrons. The minimum atomic E-state index is -0.0941. The van der Waals surface area contributed by atoms with Gasteiger partial charge in [0, 0.05) is 31.0 Å². The fourth-order valence-electron chi connectivity index (χ4n) is 3.88. The Morgan fingerprint density at radius 1 is 1.13 bits per heavy atom. The molecule has 0 saturated carbocycles. The Labute approximate surface area is 175 Å². The van der Waals surface area contributed by atoms with Crippen LogP contribution in [0.2, 0.25) is 0 Å². The maximum atomic E-state index is 12.0. The monoisotopic (exact) mass is 410 g/mol. The highest BCUT2D eigenvalue weighted by atomic mass is 16.5. The number of fused-ring (bicyclic) bond motifs is 1. The van der Waals surface area contributed by atoms with Crippen LogP contribution in [0.5, 0.6) is 11.5 Å². The smallest absolute Gasteiger partial charge is 0.309 e. The average Bonchev–Trinajstić information content (AvgIpc) is 3.23. The number of hydrogen-bond donors (Lipinski definition) is 0. The molecule has 30 heavy (non-hydrogen) atoms. The van der Waals surface area contributed by atoms with Crippen molar-refractivity contribution < 1.29 is 19.0 Å². The van der Waals surface area contributed by atoms with Crippen LogP contribution >= 0.6 is 0 Å². The first-order valence-electron chi connectivity index (χ1n) is 10.1. The molecule has 1 aromatic carbocycles. The van der Waals surface area contributed by atoms with Crippen molar-refractivity contribution in [2.75, 3.05) is 38.8 Å². The molecular weight excluding hydrogens is 384 g/mol. The summed E-state index contributed by atoms with van der Waals surface area (Å²) in [5, 5.41) is 4.72. The van der Waals surface area contributed by atoms with Gasteiger partial charge in [-0.3, -0.25) is 4.79 Å². The Balaban J connectivity index is 1.60. The van der Waals surface area contributed by atoms with Crippen LogP contribution in [-0.2, 0) is 9.53 Å². The molecule has 3 aromatic rings. The zero-order valence-electron chi connectivity index (χ0n) is 17.5. The van der Waals surface area contributed by atoms with Gasteiger partial charge in [0.2, 0.25) is 0 Å². The van der Waals surface area contributed by atoms with Gasteiger partial charge in [0.15, 0.2) is 17.3 Å². The van der Waals surface area contributed by atoms with E-state index in [1.807, 2.05) is 41.9 Å². The topological polar surface area (TPSA) is 78.2 Å². The molecule has 0 spiro atoms. The summed E-state index contributed by atoms with van der Waals surface area (Å²) in [4.78, 5) is 18.8. The second-order valence-electron chi connectivity index (χ2n) is 7.19. The first-order valence-corrected chi connectivity index (χ1v) is 10.1. The van der Waals surface area contributed by atoms with Crippen LogP contribution in [0.4, 0.5) is 5.82 Å². The Morgan fingerprint density at radius 2 is 1.90 bits per heavy atom. The van der Waals surface area contributed by atoms with Crippen LogP contribution in [0.3, 0.4) is 0 Å². The van der Waals surface area contributed by atoms with Crippen molar-refractivity contribution in [2.24, 2.45) is 5.92 Å². The first-order chi connectivity index (χ1) is 14.6. The molecule has 1 fully saturated rings. The summed E-state index contributed by atoms with van der Waals surface area (Å²) in [7, 11) is 3.23. The lowest BCUT2D eigenvalue weighted by Crippen LogP contribution is -2.37. The molecule has 0 unspecified atom stereocenters. The molecule has 0 amide bonds. The number of rotatable bonds is 6. The largest absolute Gasteiger partial charge is 0.493 e. The van der Waals surface area contributed by atoms with E-state index >= 15 is 0 Å². The summed E-state index contributed by atoms with van der Waals surface area (Å²) in [5.74, 6) is 2.08. The number of methoxy groups -OCH3 is 2. The van der Waals surface area contributed by atoms with Gasteiger partial charge in [0.05, 0.1) is 32.4 Å². The molecule has 0 atom stereocenters. The lowest BCUT2D eigenvalue weighted by Gasteiger charge is -2.31. The minimum Gasteiger partial charge on any atom is -0.493 e. The zero-order chi connectivity index (χ0) is 21.1. The molecule has 8 heteroatoms. The highest BCUT2D eigenvalue weighted by Gasteiger charge is 2.27. The maximum absolute atomic E-state index is 12.0. The van der Waals surface area contributed by atoms with Gasteiger partial charge in [0.25, 0.3) is 0 Å². The summed E-state index contributed by atoms with van der Waals surface area (Å²) in [6.07, 6.45) is 5.12. The molecule has 0 bridgehead atoms. The molecule has 158 valence electrons. The van der Waals surface area contributed by atoms with Crippen LogP contribution in [0.15, 0.2) is 36.7 Å². The number of nitrogens with zero attached hydrogens (tertiary/aromatic N) is 4. The Hall–Kier alpha value is -3.29. The van der Waals surface area contributed by atoms with E-state index in [1.165, 1.54) is 0 Å². The highest BCUT2D eigenvalue weighted by molar-refractivity contribution is 5.77. The van der Waals surface area contributed by atoms with Crippen LogP contribution in [0.1, 0.15) is 19.8 Å². The first kappa shape index (κ1) is 20.0. The fourth-order valence-corrected chi connectivity index (χ4v) is 3.88. The third kappa shape index (κ3) is 3.77. The number of benzene rings is 1. The number of hydrogen-bond acceptors (Lipinski definition) is 7. The predicted octanol–water partition coefficient (Wildman–Crippen LogP) is 3.19. The number of anilines is 1. The van der Waals surface area contributed by atoms with Gasteiger partial charge in [0.1, 0.15) is 5.52 Å². The number of piperidine rings is 1. The third-order valence-electron chi connectivity index (χ3n) is 5.46. The van der Waals surface area contributed by atoms with E-state index < -0.39 is 0 Å². The second-order valence-corrected chi connectivity index (χ2v) is 7.19. The van der Waals surface area contributed by atoms with Gasteiger partial charge in [-0.25, -0.2) is 9.50 Å². The summed E-state index contributed by atoms with van der Waals surface area (Å²) < 4.78 is 17.8. The molecule has 0 aliphatic carbocycles. The number of ether oxygens (including phenoxy) is 3. The standard InChI is InChI=1S/C22H26N4O4/c1-4-30-22(27)15-7-10-25(11-8-15)21-18-14-17(24-26(18)12-9-23-21)16-5-6-19(28-2)20(13-16)29-3/h5-6,9,12-15H,4,7-8,10-11H2,1-3H3. The van der Waals surface area contributed by atoms with Crippen molar-refractivity contribution in [1.29, 1.82) is 0 Å². The lowest BCUT2D eigenvalue weighted by atomic mass is 9.97.